The fraction of sp³-hybridized carbons (Fsp3) is 1.00. The Bertz CT molecular complexity index is 115. The first-order valence-electron chi connectivity index (χ1n) is 4.03. The van der Waals surface area contributed by atoms with Crippen molar-refractivity contribution >= 4 is 0 Å². The minimum Gasteiger partial charge on any atom is -0.385 e. The molecular formula is C8H16O3. The van der Waals surface area contributed by atoms with Gasteiger partial charge in [-0.05, 0) is 5.92 Å². The van der Waals surface area contributed by atoms with E-state index in [1.165, 1.54) is 0 Å². The van der Waals surface area contributed by atoms with Crippen molar-refractivity contribution in [1.82, 2.24) is 0 Å². The maximum absolute atomic E-state index is 9.88. The molecule has 0 bridgehead atoms. The highest BCUT2D eigenvalue weighted by molar-refractivity contribution is 4.82. The summed E-state index contributed by atoms with van der Waals surface area (Å²) >= 11 is 0. The normalized spacial score (nSPS) is 25.1. The topological polar surface area (TPSA) is 38.7 Å². The van der Waals surface area contributed by atoms with Crippen molar-refractivity contribution in [3.63, 3.8) is 0 Å². The summed E-state index contributed by atoms with van der Waals surface area (Å²) in [6.07, 6.45) is 0. The van der Waals surface area contributed by atoms with Gasteiger partial charge >= 0.3 is 0 Å². The van der Waals surface area contributed by atoms with Crippen LogP contribution in [0.3, 0.4) is 0 Å². The van der Waals surface area contributed by atoms with E-state index in [2.05, 4.69) is 0 Å². The highest BCUT2D eigenvalue weighted by Gasteiger charge is 2.33. The lowest BCUT2D eigenvalue weighted by molar-refractivity contribution is -0.0859. The number of aliphatic hydroxyl groups is 1. The van der Waals surface area contributed by atoms with Crippen LogP contribution in [0.5, 0.6) is 0 Å². The Hall–Kier alpha value is -0.120. The van der Waals surface area contributed by atoms with Crippen molar-refractivity contribution in [2.45, 2.75) is 19.4 Å². The van der Waals surface area contributed by atoms with Gasteiger partial charge in [-0.3, -0.25) is 0 Å². The summed E-state index contributed by atoms with van der Waals surface area (Å²) in [7, 11) is 0. The molecule has 66 valence electrons. The minimum atomic E-state index is -0.781. The zero-order chi connectivity index (χ0) is 8.32. The molecule has 0 amide bonds. The molecule has 0 radical (unpaired) electrons. The van der Waals surface area contributed by atoms with E-state index in [1.54, 1.807) is 0 Å². The van der Waals surface area contributed by atoms with Crippen molar-refractivity contribution in [3.8, 4) is 0 Å². The summed E-state index contributed by atoms with van der Waals surface area (Å²) in [5.41, 5.74) is -0.781. The third-order valence-electron chi connectivity index (χ3n) is 2.15. The highest BCUT2D eigenvalue weighted by Crippen LogP contribution is 2.19. The second-order valence-electron chi connectivity index (χ2n) is 3.36. The van der Waals surface area contributed by atoms with Crippen molar-refractivity contribution in [3.05, 3.63) is 0 Å². The van der Waals surface area contributed by atoms with E-state index in [9.17, 15) is 5.11 Å². The van der Waals surface area contributed by atoms with Crippen LogP contribution in [0.4, 0.5) is 0 Å². The first kappa shape index (κ1) is 8.97. The lowest BCUT2D eigenvalue weighted by Gasteiger charge is -2.29. The fourth-order valence-electron chi connectivity index (χ4n) is 0.991. The molecule has 0 saturated carbocycles. The Kier molecular flexibility index (Phi) is 2.87. The number of rotatable bonds is 1. The van der Waals surface area contributed by atoms with E-state index in [4.69, 9.17) is 9.47 Å². The van der Waals surface area contributed by atoms with Gasteiger partial charge in [0, 0.05) is 0 Å². The molecule has 0 aliphatic carbocycles. The van der Waals surface area contributed by atoms with Gasteiger partial charge in [0.2, 0.25) is 0 Å². The third kappa shape index (κ3) is 2.15. The smallest absolute Gasteiger partial charge is 0.113 e. The van der Waals surface area contributed by atoms with Crippen molar-refractivity contribution in [2.24, 2.45) is 5.92 Å². The summed E-state index contributed by atoms with van der Waals surface area (Å²) in [5, 5.41) is 9.88. The van der Waals surface area contributed by atoms with Crippen LogP contribution in [-0.4, -0.2) is 37.1 Å². The molecule has 1 saturated heterocycles. The minimum absolute atomic E-state index is 0.181. The highest BCUT2D eigenvalue weighted by atomic mass is 16.6. The molecule has 0 spiro atoms. The standard InChI is InChI=1S/C8H16O3/c1-7(2)8(9)5-10-3-4-11-6-8/h7,9H,3-6H2,1-2H3. The number of hydrogen-bond donors (Lipinski definition) is 1. The Morgan fingerprint density at radius 1 is 1.18 bits per heavy atom. The van der Waals surface area contributed by atoms with Crippen molar-refractivity contribution in [1.29, 1.82) is 0 Å². The van der Waals surface area contributed by atoms with E-state index in [0.717, 1.165) is 0 Å². The van der Waals surface area contributed by atoms with Gasteiger partial charge in [-0.25, -0.2) is 0 Å². The zero-order valence-electron chi connectivity index (χ0n) is 7.17. The first-order chi connectivity index (χ1) is 5.15. The molecule has 3 nitrogen and oxygen atoms in total. The maximum Gasteiger partial charge on any atom is 0.113 e. The molecule has 1 fully saturated rings. The second-order valence-corrected chi connectivity index (χ2v) is 3.36. The predicted octanol–water partition coefficient (Wildman–Crippen LogP) is 0.420. The molecule has 1 aliphatic heterocycles. The summed E-state index contributed by atoms with van der Waals surface area (Å²) in [5.74, 6) is 0.181. The maximum atomic E-state index is 9.88. The predicted molar refractivity (Wildman–Crippen MR) is 41.4 cm³/mol. The fourth-order valence-corrected chi connectivity index (χ4v) is 0.991. The molecule has 1 aliphatic rings. The van der Waals surface area contributed by atoms with Crippen LogP contribution in [0.15, 0.2) is 0 Å². The summed E-state index contributed by atoms with van der Waals surface area (Å²) in [4.78, 5) is 0. The van der Waals surface area contributed by atoms with E-state index in [-0.39, 0.29) is 5.92 Å². The Morgan fingerprint density at radius 2 is 1.64 bits per heavy atom. The van der Waals surface area contributed by atoms with Crippen LogP contribution in [-0.2, 0) is 9.47 Å². The van der Waals surface area contributed by atoms with Crippen LogP contribution in [0.2, 0.25) is 0 Å². The number of ether oxygens (including phenoxy) is 2. The zero-order valence-corrected chi connectivity index (χ0v) is 7.17. The van der Waals surface area contributed by atoms with Gasteiger partial charge in [-0.15, -0.1) is 0 Å². The molecule has 1 rings (SSSR count). The monoisotopic (exact) mass is 160 g/mol. The molecule has 3 heteroatoms. The molecule has 0 aromatic rings. The van der Waals surface area contributed by atoms with Gasteiger partial charge in [-0.2, -0.15) is 0 Å². The van der Waals surface area contributed by atoms with E-state index >= 15 is 0 Å². The SMILES string of the molecule is CC(C)C1(O)COCCOC1. The second kappa shape index (κ2) is 3.52. The van der Waals surface area contributed by atoms with Gasteiger partial charge in [0.15, 0.2) is 0 Å². The van der Waals surface area contributed by atoms with Crippen LogP contribution in [0.25, 0.3) is 0 Å². The van der Waals surface area contributed by atoms with E-state index in [1.807, 2.05) is 13.8 Å². The largest absolute Gasteiger partial charge is 0.385 e. The molecule has 1 N–H and O–H groups in total. The van der Waals surface area contributed by atoms with E-state index in [0.29, 0.717) is 26.4 Å². The van der Waals surface area contributed by atoms with Crippen LogP contribution < -0.4 is 0 Å². The Labute approximate surface area is 67.3 Å². The number of hydrogen-bond acceptors (Lipinski definition) is 3. The molecule has 0 aromatic carbocycles. The van der Waals surface area contributed by atoms with Gasteiger partial charge < -0.3 is 14.6 Å². The average Bonchev–Trinajstić information content (AvgIpc) is 2.15. The summed E-state index contributed by atoms with van der Waals surface area (Å²) in [6.45, 7) is 5.91. The summed E-state index contributed by atoms with van der Waals surface area (Å²) < 4.78 is 10.4. The molecule has 1 heterocycles. The van der Waals surface area contributed by atoms with Gasteiger partial charge in [0.1, 0.15) is 5.60 Å². The lowest BCUT2D eigenvalue weighted by Crippen LogP contribution is -2.43. The third-order valence-corrected chi connectivity index (χ3v) is 2.15. The molecule has 0 atom stereocenters. The Morgan fingerprint density at radius 3 is 2.00 bits per heavy atom. The molecule has 0 unspecified atom stereocenters. The molecular weight excluding hydrogens is 144 g/mol. The summed E-state index contributed by atoms with van der Waals surface area (Å²) in [6, 6.07) is 0. The lowest BCUT2D eigenvalue weighted by atomic mass is 9.92. The average molecular weight is 160 g/mol. The molecule has 0 aromatic heterocycles. The van der Waals surface area contributed by atoms with Crippen LogP contribution in [0, 0.1) is 5.92 Å². The van der Waals surface area contributed by atoms with Crippen molar-refractivity contribution < 1.29 is 14.6 Å². The molecule has 11 heavy (non-hydrogen) atoms. The van der Waals surface area contributed by atoms with Crippen molar-refractivity contribution in [2.75, 3.05) is 26.4 Å². The Balaban J connectivity index is 2.52. The van der Waals surface area contributed by atoms with Gasteiger partial charge in [0.05, 0.1) is 26.4 Å². The van der Waals surface area contributed by atoms with E-state index < -0.39 is 5.60 Å². The van der Waals surface area contributed by atoms with Gasteiger partial charge in [-0.1, -0.05) is 13.8 Å². The van der Waals surface area contributed by atoms with Crippen LogP contribution >= 0.6 is 0 Å². The quantitative estimate of drug-likeness (QED) is 0.604. The van der Waals surface area contributed by atoms with Crippen LogP contribution in [0.1, 0.15) is 13.8 Å². The first-order valence-corrected chi connectivity index (χ1v) is 4.03. The van der Waals surface area contributed by atoms with Gasteiger partial charge in [0.25, 0.3) is 0 Å².